The summed E-state index contributed by atoms with van der Waals surface area (Å²) in [5.41, 5.74) is 5.36. The zero-order valence-corrected chi connectivity index (χ0v) is 17.0. The van der Waals surface area contributed by atoms with Gasteiger partial charge in [-0.25, -0.2) is 14.5 Å². The number of rotatable bonds is 4. The van der Waals surface area contributed by atoms with Crippen molar-refractivity contribution in [3.8, 4) is 5.82 Å². The third-order valence-corrected chi connectivity index (χ3v) is 5.53. The average Bonchev–Trinajstić information content (AvgIpc) is 2.66. The Hall–Kier alpha value is -2.92. The first-order valence-electron chi connectivity index (χ1n) is 9.16. The zero-order valence-electron chi connectivity index (χ0n) is 16.1. The van der Waals surface area contributed by atoms with Crippen molar-refractivity contribution in [3.05, 3.63) is 93.4 Å². The van der Waals surface area contributed by atoms with Gasteiger partial charge in [0.05, 0.1) is 10.9 Å². The number of benzene rings is 2. The fraction of sp³-hybridized carbons (Fsp3) is 0.174. The topological polar surface area (TPSA) is 47.8 Å². The van der Waals surface area contributed by atoms with E-state index in [1.807, 2.05) is 43.3 Å². The second-order valence-electron chi connectivity index (χ2n) is 7.03. The molecule has 0 amide bonds. The maximum absolute atomic E-state index is 13.3. The van der Waals surface area contributed by atoms with Gasteiger partial charge in [-0.05, 0) is 56.2 Å². The van der Waals surface area contributed by atoms with Gasteiger partial charge in [0, 0.05) is 11.9 Å². The summed E-state index contributed by atoms with van der Waals surface area (Å²) >= 11 is 1.56. The summed E-state index contributed by atoms with van der Waals surface area (Å²) in [5.74, 6) is 1.34. The Bertz CT molecular complexity index is 1210. The molecule has 0 N–H and O–H groups in total. The molecule has 28 heavy (non-hydrogen) atoms. The molecule has 2 aromatic heterocycles. The summed E-state index contributed by atoms with van der Waals surface area (Å²) in [6, 6.07) is 17.8. The summed E-state index contributed by atoms with van der Waals surface area (Å²) in [7, 11) is 0. The van der Waals surface area contributed by atoms with Crippen molar-refractivity contribution in [1.29, 1.82) is 0 Å². The van der Waals surface area contributed by atoms with Crippen LogP contribution in [0.15, 0.2) is 70.7 Å². The van der Waals surface area contributed by atoms with Crippen LogP contribution in [0.25, 0.3) is 16.7 Å². The van der Waals surface area contributed by atoms with Gasteiger partial charge < -0.3 is 0 Å². The fourth-order valence-electron chi connectivity index (χ4n) is 3.35. The Kier molecular flexibility index (Phi) is 5.01. The highest BCUT2D eigenvalue weighted by molar-refractivity contribution is 7.98. The molecular weight excluding hydrogens is 366 g/mol. The SMILES string of the molecule is Cc1cc(C)cc(CSc2nc3ccccc3c(=O)n2-c2cc(C)ccn2)c1. The summed E-state index contributed by atoms with van der Waals surface area (Å²) in [5, 5.41) is 1.25. The molecule has 140 valence electrons. The molecule has 4 rings (SSSR count). The van der Waals surface area contributed by atoms with E-state index in [1.54, 1.807) is 22.5 Å². The molecule has 0 aliphatic heterocycles. The smallest absolute Gasteiger partial charge is 0.267 e. The Labute approximate surface area is 168 Å². The van der Waals surface area contributed by atoms with Crippen molar-refractivity contribution in [2.75, 3.05) is 0 Å². The number of aromatic nitrogens is 3. The molecule has 4 aromatic rings. The predicted molar refractivity (Wildman–Crippen MR) is 115 cm³/mol. The lowest BCUT2D eigenvalue weighted by atomic mass is 10.1. The largest absolute Gasteiger partial charge is 0.268 e. The number of fused-ring (bicyclic) bond motifs is 1. The lowest BCUT2D eigenvalue weighted by Crippen LogP contribution is -2.22. The molecule has 0 bridgehead atoms. The van der Waals surface area contributed by atoms with Gasteiger partial charge in [0.25, 0.3) is 5.56 Å². The average molecular weight is 388 g/mol. The maximum Gasteiger partial charge on any atom is 0.267 e. The van der Waals surface area contributed by atoms with Crippen LogP contribution in [0.4, 0.5) is 0 Å². The number of para-hydroxylation sites is 1. The lowest BCUT2D eigenvalue weighted by Gasteiger charge is -2.13. The van der Waals surface area contributed by atoms with E-state index in [4.69, 9.17) is 4.98 Å². The molecule has 0 spiro atoms. The van der Waals surface area contributed by atoms with E-state index in [0.717, 1.165) is 11.3 Å². The van der Waals surface area contributed by atoms with Crippen LogP contribution in [-0.2, 0) is 5.75 Å². The van der Waals surface area contributed by atoms with E-state index in [2.05, 4.69) is 37.0 Å². The third-order valence-electron chi connectivity index (χ3n) is 4.52. The number of hydrogen-bond donors (Lipinski definition) is 0. The highest BCUT2D eigenvalue weighted by Gasteiger charge is 2.14. The minimum Gasteiger partial charge on any atom is -0.268 e. The van der Waals surface area contributed by atoms with Crippen LogP contribution in [0, 0.1) is 20.8 Å². The summed E-state index contributed by atoms with van der Waals surface area (Å²) in [4.78, 5) is 22.5. The van der Waals surface area contributed by atoms with E-state index in [1.165, 1.54) is 16.7 Å². The molecule has 0 radical (unpaired) electrons. The zero-order chi connectivity index (χ0) is 19.7. The van der Waals surface area contributed by atoms with E-state index in [-0.39, 0.29) is 5.56 Å². The van der Waals surface area contributed by atoms with Gasteiger partial charge >= 0.3 is 0 Å². The quantitative estimate of drug-likeness (QED) is 0.365. The summed E-state index contributed by atoms with van der Waals surface area (Å²) in [6.45, 7) is 6.19. The van der Waals surface area contributed by atoms with E-state index < -0.39 is 0 Å². The second kappa shape index (κ2) is 7.60. The van der Waals surface area contributed by atoms with Crippen LogP contribution < -0.4 is 5.56 Å². The monoisotopic (exact) mass is 387 g/mol. The van der Waals surface area contributed by atoms with Crippen molar-refractivity contribution < 1.29 is 0 Å². The molecule has 5 heteroatoms. The van der Waals surface area contributed by atoms with Crippen molar-refractivity contribution in [1.82, 2.24) is 14.5 Å². The first-order valence-corrected chi connectivity index (χ1v) is 10.1. The summed E-state index contributed by atoms with van der Waals surface area (Å²) in [6.07, 6.45) is 1.73. The molecule has 0 aliphatic rings. The highest BCUT2D eigenvalue weighted by atomic mass is 32.2. The third kappa shape index (κ3) is 3.71. The molecule has 2 aromatic carbocycles. The molecule has 0 fully saturated rings. The second-order valence-corrected chi connectivity index (χ2v) is 7.97. The van der Waals surface area contributed by atoms with Gasteiger partial charge in [-0.1, -0.05) is 53.2 Å². The Morgan fingerprint density at radius 2 is 1.68 bits per heavy atom. The Balaban J connectivity index is 1.84. The van der Waals surface area contributed by atoms with Gasteiger partial charge in [0.2, 0.25) is 0 Å². The van der Waals surface area contributed by atoms with Crippen LogP contribution in [-0.4, -0.2) is 14.5 Å². The number of nitrogens with zero attached hydrogens (tertiary/aromatic N) is 3. The van der Waals surface area contributed by atoms with Crippen molar-refractivity contribution >= 4 is 22.7 Å². The van der Waals surface area contributed by atoms with Gasteiger partial charge in [-0.2, -0.15) is 0 Å². The molecule has 2 heterocycles. The predicted octanol–water partition coefficient (Wildman–Crippen LogP) is 5.00. The Morgan fingerprint density at radius 3 is 2.43 bits per heavy atom. The van der Waals surface area contributed by atoms with Crippen LogP contribution in [0.1, 0.15) is 22.3 Å². The Morgan fingerprint density at radius 1 is 0.929 bits per heavy atom. The van der Waals surface area contributed by atoms with Crippen molar-refractivity contribution in [2.24, 2.45) is 0 Å². The number of aryl methyl sites for hydroxylation is 3. The van der Waals surface area contributed by atoms with E-state index in [9.17, 15) is 4.79 Å². The summed E-state index contributed by atoms with van der Waals surface area (Å²) < 4.78 is 1.63. The first kappa shape index (κ1) is 18.4. The van der Waals surface area contributed by atoms with Gasteiger partial charge in [-0.15, -0.1) is 0 Å². The fourth-order valence-corrected chi connectivity index (χ4v) is 4.28. The molecule has 0 saturated carbocycles. The molecule has 0 saturated heterocycles. The molecule has 4 nitrogen and oxygen atoms in total. The van der Waals surface area contributed by atoms with Crippen LogP contribution in [0.2, 0.25) is 0 Å². The van der Waals surface area contributed by atoms with Crippen LogP contribution >= 0.6 is 11.8 Å². The maximum atomic E-state index is 13.3. The molecular formula is C23H21N3OS. The lowest BCUT2D eigenvalue weighted by molar-refractivity contribution is 0.794. The van der Waals surface area contributed by atoms with Gasteiger partial charge in [0.15, 0.2) is 5.16 Å². The number of pyridine rings is 1. The van der Waals surface area contributed by atoms with Crippen molar-refractivity contribution in [2.45, 2.75) is 31.7 Å². The number of thioether (sulfide) groups is 1. The highest BCUT2D eigenvalue weighted by Crippen LogP contribution is 2.25. The minimum absolute atomic E-state index is 0.0911. The first-order chi connectivity index (χ1) is 13.5. The van der Waals surface area contributed by atoms with Gasteiger partial charge in [0.1, 0.15) is 5.82 Å². The molecule has 0 atom stereocenters. The van der Waals surface area contributed by atoms with Crippen LogP contribution in [0.3, 0.4) is 0 Å². The van der Waals surface area contributed by atoms with Gasteiger partial charge in [-0.3, -0.25) is 4.79 Å². The molecule has 0 aliphatic carbocycles. The van der Waals surface area contributed by atoms with E-state index >= 15 is 0 Å². The standard InChI is InChI=1S/C23H21N3OS/c1-15-8-9-24-21(13-15)26-22(27)19-6-4-5-7-20(19)25-23(26)28-14-18-11-16(2)10-17(3)12-18/h4-13H,14H2,1-3H3. The normalized spacial score (nSPS) is 11.1. The van der Waals surface area contributed by atoms with Crippen molar-refractivity contribution in [3.63, 3.8) is 0 Å². The molecule has 0 unspecified atom stereocenters. The minimum atomic E-state index is -0.0911. The van der Waals surface area contributed by atoms with E-state index in [0.29, 0.717) is 21.9 Å². The van der Waals surface area contributed by atoms with Crippen LogP contribution in [0.5, 0.6) is 0 Å². The number of hydrogen-bond acceptors (Lipinski definition) is 4.